The Bertz CT molecular complexity index is 562. The van der Waals surface area contributed by atoms with Crippen LogP contribution < -0.4 is 9.47 Å². The van der Waals surface area contributed by atoms with Gasteiger partial charge in [-0.1, -0.05) is 6.92 Å². The number of hydrogen-bond donors (Lipinski definition) is 0. The number of alkyl halides is 3. The number of rotatable bonds is 5. The van der Waals surface area contributed by atoms with Gasteiger partial charge in [0.05, 0.1) is 12.2 Å². The molecule has 3 atom stereocenters. The summed E-state index contributed by atoms with van der Waals surface area (Å²) in [6.07, 6.45) is -1.34. The van der Waals surface area contributed by atoms with Crippen LogP contribution in [0.15, 0.2) is 18.2 Å². The maximum absolute atomic E-state index is 13.0. The Morgan fingerprint density at radius 3 is 2.38 bits per heavy atom. The number of nitrogens with zero attached hydrogens (tertiary/aromatic N) is 1. The molecule has 1 aliphatic heterocycles. The molecule has 3 nitrogen and oxygen atoms in total. The van der Waals surface area contributed by atoms with Crippen LogP contribution in [0.25, 0.3) is 0 Å². The molecule has 1 saturated carbocycles. The SMILES string of the molecule is CCCOc1cc(C(F)(F)F)ccc1OC1[C@@H]2CC[C@H]1CN(C)C2. The number of fused-ring (bicyclic) bond motifs is 2. The Balaban J connectivity index is 1.81. The van der Waals surface area contributed by atoms with Crippen molar-refractivity contribution < 1.29 is 22.6 Å². The van der Waals surface area contributed by atoms with Gasteiger partial charge in [0.1, 0.15) is 6.10 Å². The van der Waals surface area contributed by atoms with Crippen molar-refractivity contribution in [3.63, 3.8) is 0 Å². The molecule has 1 saturated heterocycles. The molecule has 2 bridgehead atoms. The second kappa shape index (κ2) is 6.82. The molecule has 1 aliphatic carbocycles. The molecule has 2 aliphatic rings. The van der Waals surface area contributed by atoms with E-state index < -0.39 is 11.7 Å². The first kappa shape index (κ1) is 17.4. The van der Waals surface area contributed by atoms with Crippen molar-refractivity contribution in [1.29, 1.82) is 0 Å². The third-order valence-electron chi connectivity index (χ3n) is 4.93. The largest absolute Gasteiger partial charge is 0.490 e. The Morgan fingerprint density at radius 2 is 1.79 bits per heavy atom. The van der Waals surface area contributed by atoms with Gasteiger partial charge >= 0.3 is 6.18 Å². The predicted octanol–water partition coefficient (Wildman–Crippen LogP) is 4.21. The highest BCUT2D eigenvalue weighted by Gasteiger charge is 2.43. The molecule has 6 heteroatoms. The van der Waals surface area contributed by atoms with E-state index in [1.165, 1.54) is 6.07 Å². The van der Waals surface area contributed by atoms with Crippen molar-refractivity contribution in [1.82, 2.24) is 4.90 Å². The lowest BCUT2D eigenvalue weighted by molar-refractivity contribution is -0.137. The topological polar surface area (TPSA) is 21.7 Å². The third-order valence-corrected chi connectivity index (χ3v) is 4.93. The molecule has 0 amide bonds. The molecular formula is C18H24F3NO2. The lowest BCUT2D eigenvalue weighted by atomic mass is 9.95. The summed E-state index contributed by atoms with van der Waals surface area (Å²) in [7, 11) is 2.11. The average Bonchev–Trinajstić information content (AvgIpc) is 2.76. The number of likely N-dealkylation sites (tertiary alicyclic amines) is 1. The fraction of sp³-hybridized carbons (Fsp3) is 0.667. The first-order valence-electron chi connectivity index (χ1n) is 8.57. The van der Waals surface area contributed by atoms with E-state index in [-0.39, 0.29) is 11.9 Å². The lowest BCUT2D eigenvalue weighted by Gasteiger charge is -2.36. The van der Waals surface area contributed by atoms with Crippen LogP contribution >= 0.6 is 0 Å². The van der Waals surface area contributed by atoms with Crippen molar-refractivity contribution in [3.05, 3.63) is 23.8 Å². The van der Waals surface area contributed by atoms with Gasteiger partial charge in [0.25, 0.3) is 0 Å². The van der Waals surface area contributed by atoms with Crippen LogP contribution in [0.2, 0.25) is 0 Å². The molecule has 0 spiro atoms. The van der Waals surface area contributed by atoms with Crippen molar-refractivity contribution in [2.24, 2.45) is 11.8 Å². The van der Waals surface area contributed by atoms with Gasteiger partial charge < -0.3 is 14.4 Å². The van der Waals surface area contributed by atoms with Crippen molar-refractivity contribution in [2.45, 2.75) is 38.5 Å². The second-order valence-electron chi connectivity index (χ2n) is 6.91. The molecule has 0 radical (unpaired) electrons. The zero-order chi connectivity index (χ0) is 17.3. The van der Waals surface area contributed by atoms with Crippen LogP contribution in [0.3, 0.4) is 0 Å². The van der Waals surface area contributed by atoms with Crippen LogP contribution in [-0.4, -0.2) is 37.7 Å². The highest BCUT2D eigenvalue weighted by Crippen LogP contribution is 2.42. The fourth-order valence-electron chi connectivity index (χ4n) is 3.85. The quantitative estimate of drug-likeness (QED) is 0.799. The number of halogens is 3. The van der Waals surface area contributed by atoms with Gasteiger partial charge in [-0.05, 0) is 44.5 Å². The molecule has 3 rings (SSSR count). The molecule has 1 heterocycles. The summed E-state index contributed by atoms with van der Waals surface area (Å²) < 4.78 is 50.6. The molecule has 0 N–H and O–H groups in total. The van der Waals surface area contributed by atoms with Gasteiger partial charge in [-0.3, -0.25) is 0 Å². The monoisotopic (exact) mass is 343 g/mol. The zero-order valence-electron chi connectivity index (χ0n) is 14.1. The van der Waals surface area contributed by atoms with E-state index in [9.17, 15) is 13.2 Å². The molecular weight excluding hydrogens is 319 g/mol. The molecule has 1 unspecified atom stereocenters. The van der Waals surface area contributed by atoms with Gasteiger partial charge in [-0.15, -0.1) is 0 Å². The summed E-state index contributed by atoms with van der Waals surface area (Å²) in [4.78, 5) is 2.31. The van der Waals surface area contributed by atoms with Crippen LogP contribution in [0.1, 0.15) is 31.7 Å². The number of piperidine rings is 1. The minimum atomic E-state index is -4.38. The van der Waals surface area contributed by atoms with Crippen LogP contribution in [0, 0.1) is 11.8 Å². The molecule has 1 aromatic carbocycles. The zero-order valence-corrected chi connectivity index (χ0v) is 14.1. The smallest absolute Gasteiger partial charge is 0.416 e. The van der Waals surface area contributed by atoms with E-state index in [2.05, 4.69) is 11.9 Å². The minimum Gasteiger partial charge on any atom is -0.490 e. The summed E-state index contributed by atoms with van der Waals surface area (Å²) in [5, 5.41) is 0. The van der Waals surface area contributed by atoms with Gasteiger partial charge in [0.15, 0.2) is 11.5 Å². The normalized spacial score (nSPS) is 27.3. The Hall–Kier alpha value is -1.43. The van der Waals surface area contributed by atoms with E-state index in [1.54, 1.807) is 0 Å². The summed E-state index contributed by atoms with van der Waals surface area (Å²) in [6.45, 7) is 4.25. The van der Waals surface area contributed by atoms with Crippen LogP contribution in [-0.2, 0) is 6.18 Å². The van der Waals surface area contributed by atoms with Crippen molar-refractivity contribution >= 4 is 0 Å². The summed E-state index contributed by atoms with van der Waals surface area (Å²) >= 11 is 0. The molecule has 2 fully saturated rings. The average molecular weight is 343 g/mol. The maximum atomic E-state index is 13.0. The Labute approximate surface area is 140 Å². The highest BCUT2D eigenvalue weighted by molar-refractivity contribution is 5.44. The first-order valence-corrected chi connectivity index (χ1v) is 8.57. The second-order valence-corrected chi connectivity index (χ2v) is 6.91. The van der Waals surface area contributed by atoms with Crippen LogP contribution in [0.5, 0.6) is 11.5 Å². The maximum Gasteiger partial charge on any atom is 0.416 e. The highest BCUT2D eigenvalue weighted by atomic mass is 19.4. The Kier molecular flexibility index (Phi) is 4.95. The van der Waals surface area contributed by atoms with Crippen molar-refractivity contribution in [2.75, 3.05) is 26.7 Å². The van der Waals surface area contributed by atoms with Gasteiger partial charge in [-0.25, -0.2) is 0 Å². The molecule has 24 heavy (non-hydrogen) atoms. The van der Waals surface area contributed by atoms with E-state index >= 15 is 0 Å². The van der Waals surface area contributed by atoms with Gasteiger partial charge in [0.2, 0.25) is 0 Å². The lowest BCUT2D eigenvalue weighted by Crippen LogP contribution is -2.45. The fourth-order valence-corrected chi connectivity index (χ4v) is 3.85. The van der Waals surface area contributed by atoms with E-state index in [1.807, 2.05) is 6.92 Å². The molecule has 0 aromatic heterocycles. The minimum absolute atomic E-state index is 0.0712. The van der Waals surface area contributed by atoms with Crippen molar-refractivity contribution in [3.8, 4) is 11.5 Å². The number of ether oxygens (including phenoxy) is 2. The van der Waals surface area contributed by atoms with Crippen LogP contribution in [0.4, 0.5) is 13.2 Å². The van der Waals surface area contributed by atoms with Gasteiger partial charge in [-0.2, -0.15) is 13.2 Å². The molecule has 1 aromatic rings. The van der Waals surface area contributed by atoms with E-state index in [0.717, 1.165) is 44.5 Å². The molecule has 134 valence electrons. The third kappa shape index (κ3) is 3.63. The summed E-state index contributed by atoms with van der Waals surface area (Å²) in [5.41, 5.74) is -0.702. The number of hydrogen-bond acceptors (Lipinski definition) is 3. The standard InChI is InChI=1S/C18H24F3NO2/c1-3-8-23-16-9-14(18(19,20)21)6-7-15(16)24-17-12-4-5-13(17)11-22(2)10-12/h6-7,9,12-13,17H,3-5,8,10-11H2,1-2H3/t12-,13+,17?. The first-order chi connectivity index (χ1) is 11.4. The predicted molar refractivity (Wildman–Crippen MR) is 85.4 cm³/mol. The summed E-state index contributed by atoms with van der Waals surface area (Å²) in [6, 6.07) is 3.54. The van der Waals surface area contributed by atoms with E-state index in [4.69, 9.17) is 9.47 Å². The number of benzene rings is 1. The Morgan fingerprint density at radius 1 is 1.12 bits per heavy atom. The van der Waals surface area contributed by atoms with Gasteiger partial charge in [0, 0.05) is 24.9 Å². The summed E-state index contributed by atoms with van der Waals surface area (Å²) in [5.74, 6) is 1.51. The van der Waals surface area contributed by atoms with E-state index in [0.29, 0.717) is 24.2 Å².